The Labute approximate surface area is 107 Å². The molecule has 1 atom stereocenters. The van der Waals surface area contributed by atoms with Gasteiger partial charge in [-0.25, -0.2) is 0 Å². The molecule has 1 heterocycles. The van der Waals surface area contributed by atoms with Gasteiger partial charge in [-0.2, -0.15) is 0 Å². The molecule has 0 fully saturated rings. The molecule has 1 unspecified atom stereocenters. The van der Waals surface area contributed by atoms with Gasteiger partial charge >= 0.3 is 0 Å². The van der Waals surface area contributed by atoms with Crippen molar-refractivity contribution in [1.29, 1.82) is 0 Å². The Bertz CT molecular complexity index is 477. The summed E-state index contributed by atoms with van der Waals surface area (Å²) < 4.78 is 0. The van der Waals surface area contributed by atoms with E-state index in [1.807, 2.05) is 31.3 Å². The Morgan fingerprint density at radius 3 is 2.76 bits per heavy atom. The van der Waals surface area contributed by atoms with E-state index in [1.165, 1.54) is 0 Å². The fourth-order valence-corrected chi connectivity index (χ4v) is 2.24. The van der Waals surface area contributed by atoms with Crippen LogP contribution in [0.3, 0.4) is 0 Å². The predicted molar refractivity (Wildman–Crippen MR) is 72.5 cm³/mol. The highest BCUT2D eigenvalue weighted by molar-refractivity contribution is 6.32. The second-order valence-electron chi connectivity index (χ2n) is 4.09. The van der Waals surface area contributed by atoms with Crippen LogP contribution >= 0.6 is 11.6 Å². The molecule has 0 aliphatic carbocycles. The van der Waals surface area contributed by atoms with Gasteiger partial charge < -0.3 is 10.3 Å². The minimum atomic E-state index is 0.127. The molecule has 0 aliphatic heterocycles. The molecule has 1 aromatic heterocycles. The van der Waals surface area contributed by atoms with E-state index in [0.29, 0.717) is 0 Å². The molecule has 0 saturated carbocycles. The summed E-state index contributed by atoms with van der Waals surface area (Å²) in [5.41, 5.74) is 3.37. The van der Waals surface area contributed by atoms with Crippen LogP contribution in [-0.2, 0) is 0 Å². The molecule has 17 heavy (non-hydrogen) atoms. The average molecular weight is 249 g/mol. The van der Waals surface area contributed by atoms with Crippen molar-refractivity contribution in [2.75, 3.05) is 6.54 Å². The molecule has 2 N–H and O–H groups in total. The Morgan fingerprint density at radius 2 is 2.12 bits per heavy atom. The number of aromatic nitrogens is 1. The predicted octanol–water partition coefficient (Wildman–Crippen LogP) is 3.68. The lowest BCUT2D eigenvalue weighted by Gasteiger charge is -2.19. The van der Waals surface area contributed by atoms with E-state index in [2.05, 4.69) is 29.4 Å². The second kappa shape index (κ2) is 5.39. The molecule has 90 valence electrons. The molecular formula is C14H17ClN2. The summed E-state index contributed by atoms with van der Waals surface area (Å²) in [5.74, 6) is 0. The van der Waals surface area contributed by atoms with Gasteiger partial charge in [-0.1, -0.05) is 36.7 Å². The summed E-state index contributed by atoms with van der Waals surface area (Å²) in [6, 6.07) is 10.4. The van der Waals surface area contributed by atoms with Gasteiger partial charge in [-0.3, -0.25) is 0 Å². The van der Waals surface area contributed by atoms with Gasteiger partial charge in [0, 0.05) is 16.9 Å². The molecule has 2 aromatic rings. The normalized spacial score (nSPS) is 12.6. The number of H-pyrrole nitrogens is 1. The van der Waals surface area contributed by atoms with Gasteiger partial charge in [0.1, 0.15) is 0 Å². The molecule has 0 amide bonds. The van der Waals surface area contributed by atoms with Crippen LogP contribution in [0.2, 0.25) is 5.02 Å². The van der Waals surface area contributed by atoms with E-state index in [0.717, 1.165) is 28.4 Å². The van der Waals surface area contributed by atoms with Gasteiger partial charge in [-0.05, 0) is 36.7 Å². The van der Waals surface area contributed by atoms with Gasteiger partial charge in [0.05, 0.1) is 6.04 Å². The monoisotopic (exact) mass is 248 g/mol. The fourth-order valence-electron chi connectivity index (χ4n) is 2.01. The number of hydrogen-bond donors (Lipinski definition) is 2. The lowest BCUT2D eigenvalue weighted by Crippen LogP contribution is -2.22. The lowest BCUT2D eigenvalue weighted by atomic mass is 10.0. The average Bonchev–Trinajstić information content (AvgIpc) is 2.84. The minimum Gasteiger partial charge on any atom is -0.363 e. The van der Waals surface area contributed by atoms with Gasteiger partial charge in [0.15, 0.2) is 0 Å². The summed E-state index contributed by atoms with van der Waals surface area (Å²) in [6.45, 7) is 5.02. The molecule has 2 nitrogen and oxygen atoms in total. The highest BCUT2D eigenvalue weighted by atomic mass is 35.5. The van der Waals surface area contributed by atoms with E-state index in [9.17, 15) is 0 Å². The molecule has 2 rings (SSSR count). The number of nitrogens with one attached hydrogen (secondary N) is 2. The Balaban J connectivity index is 2.43. The maximum atomic E-state index is 6.39. The third-order valence-electron chi connectivity index (χ3n) is 2.87. The van der Waals surface area contributed by atoms with Crippen molar-refractivity contribution in [3.05, 3.63) is 58.4 Å². The van der Waals surface area contributed by atoms with Crippen LogP contribution in [0.25, 0.3) is 0 Å². The quantitative estimate of drug-likeness (QED) is 0.849. The van der Waals surface area contributed by atoms with Crippen LogP contribution in [-0.4, -0.2) is 11.5 Å². The number of halogens is 1. The topological polar surface area (TPSA) is 27.8 Å². The van der Waals surface area contributed by atoms with Crippen molar-refractivity contribution < 1.29 is 0 Å². The Morgan fingerprint density at radius 1 is 1.29 bits per heavy atom. The van der Waals surface area contributed by atoms with Gasteiger partial charge in [0.25, 0.3) is 0 Å². The molecule has 0 spiro atoms. The van der Waals surface area contributed by atoms with Crippen molar-refractivity contribution in [3.8, 4) is 0 Å². The SMILES string of the molecule is CCNC(c1ccc[nH]1)c1cccc(C)c1Cl. The molecule has 3 heteroatoms. The van der Waals surface area contributed by atoms with Crippen molar-refractivity contribution in [3.63, 3.8) is 0 Å². The zero-order chi connectivity index (χ0) is 12.3. The molecule has 0 bridgehead atoms. The molecule has 0 saturated heterocycles. The maximum absolute atomic E-state index is 6.39. The third kappa shape index (κ3) is 2.54. The fraction of sp³-hybridized carbons (Fsp3) is 0.286. The second-order valence-corrected chi connectivity index (χ2v) is 4.47. The highest BCUT2D eigenvalue weighted by Gasteiger charge is 2.17. The van der Waals surface area contributed by atoms with Crippen LogP contribution in [0, 0.1) is 6.92 Å². The van der Waals surface area contributed by atoms with Crippen LogP contribution in [0.5, 0.6) is 0 Å². The summed E-state index contributed by atoms with van der Waals surface area (Å²) >= 11 is 6.39. The first-order chi connectivity index (χ1) is 8.24. The van der Waals surface area contributed by atoms with Crippen LogP contribution in [0.4, 0.5) is 0 Å². The van der Waals surface area contributed by atoms with Crippen LogP contribution in [0.15, 0.2) is 36.5 Å². The number of hydrogen-bond acceptors (Lipinski definition) is 1. The first-order valence-electron chi connectivity index (χ1n) is 5.85. The van der Waals surface area contributed by atoms with Crippen molar-refractivity contribution >= 4 is 11.6 Å². The van der Waals surface area contributed by atoms with E-state index < -0.39 is 0 Å². The third-order valence-corrected chi connectivity index (χ3v) is 3.39. The minimum absolute atomic E-state index is 0.127. The summed E-state index contributed by atoms with van der Waals surface area (Å²) in [7, 11) is 0. The zero-order valence-corrected chi connectivity index (χ0v) is 10.9. The first-order valence-corrected chi connectivity index (χ1v) is 6.23. The molecule has 0 radical (unpaired) electrons. The van der Waals surface area contributed by atoms with Crippen molar-refractivity contribution in [2.24, 2.45) is 0 Å². The first kappa shape index (κ1) is 12.2. The highest BCUT2D eigenvalue weighted by Crippen LogP contribution is 2.29. The largest absolute Gasteiger partial charge is 0.363 e. The Hall–Kier alpha value is -1.25. The summed E-state index contributed by atoms with van der Waals surface area (Å²) in [4.78, 5) is 3.25. The van der Waals surface area contributed by atoms with Crippen LogP contribution < -0.4 is 5.32 Å². The van der Waals surface area contributed by atoms with Gasteiger partial charge in [0.2, 0.25) is 0 Å². The summed E-state index contributed by atoms with van der Waals surface area (Å²) in [5, 5.41) is 4.29. The van der Waals surface area contributed by atoms with E-state index in [4.69, 9.17) is 11.6 Å². The summed E-state index contributed by atoms with van der Waals surface area (Å²) in [6.07, 6.45) is 1.93. The lowest BCUT2D eigenvalue weighted by molar-refractivity contribution is 0.618. The molecule has 0 aliphatic rings. The van der Waals surface area contributed by atoms with Gasteiger partial charge in [-0.15, -0.1) is 0 Å². The van der Waals surface area contributed by atoms with Crippen molar-refractivity contribution in [2.45, 2.75) is 19.9 Å². The van der Waals surface area contributed by atoms with E-state index >= 15 is 0 Å². The van der Waals surface area contributed by atoms with E-state index in [1.54, 1.807) is 0 Å². The van der Waals surface area contributed by atoms with Crippen molar-refractivity contribution in [1.82, 2.24) is 10.3 Å². The standard InChI is InChI=1S/C14H17ClN2/c1-3-16-14(12-8-5-9-17-12)11-7-4-6-10(2)13(11)15/h4-9,14,16-17H,3H2,1-2H3. The van der Waals surface area contributed by atoms with E-state index in [-0.39, 0.29) is 6.04 Å². The number of benzene rings is 1. The van der Waals surface area contributed by atoms with Crippen LogP contribution in [0.1, 0.15) is 29.8 Å². The number of rotatable bonds is 4. The molecular weight excluding hydrogens is 232 g/mol. The molecule has 1 aromatic carbocycles. The number of aryl methyl sites for hydroxylation is 1. The maximum Gasteiger partial charge on any atom is 0.0743 e. The number of aromatic amines is 1. The smallest absolute Gasteiger partial charge is 0.0743 e. The Kier molecular flexibility index (Phi) is 3.87. The zero-order valence-electron chi connectivity index (χ0n) is 10.1.